The predicted octanol–water partition coefficient (Wildman–Crippen LogP) is 5.83. The molecule has 5 rings (SSSR count). The van der Waals surface area contributed by atoms with E-state index in [1.165, 1.54) is 24.3 Å². The van der Waals surface area contributed by atoms with Gasteiger partial charge in [0.05, 0.1) is 16.2 Å². The molecule has 1 saturated heterocycles. The summed E-state index contributed by atoms with van der Waals surface area (Å²) in [4.78, 5) is 13.9. The van der Waals surface area contributed by atoms with Gasteiger partial charge in [0.15, 0.2) is 0 Å². The first-order valence-electron chi connectivity index (χ1n) is 12.7. The number of amides is 1. The van der Waals surface area contributed by atoms with Crippen LogP contribution in [0.5, 0.6) is 0 Å². The summed E-state index contributed by atoms with van der Waals surface area (Å²) in [7, 11) is 0. The Hall–Kier alpha value is -3.69. The molecular weight excluding hydrogens is 527 g/mol. The van der Waals surface area contributed by atoms with Crippen molar-refractivity contribution in [2.75, 3.05) is 31.2 Å². The molecule has 0 unspecified atom stereocenters. The Morgan fingerprint density at radius 2 is 1.74 bits per heavy atom. The van der Waals surface area contributed by atoms with Gasteiger partial charge in [0.1, 0.15) is 24.0 Å². The van der Waals surface area contributed by atoms with Crippen LogP contribution in [0, 0.1) is 18.6 Å². The number of fused-ring (bicyclic) bond motifs is 1. The number of benzene rings is 3. The fourth-order valence-corrected chi connectivity index (χ4v) is 5.44. The first-order chi connectivity index (χ1) is 18.7. The predicted molar refractivity (Wildman–Crippen MR) is 148 cm³/mol. The molecule has 0 atom stereocenters. The lowest BCUT2D eigenvalue weighted by Gasteiger charge is -2.35. The van der Waals surface area contributed by atoms with Crippen molar-refractivity contribution >= 4 is 34.1 Å². The SMILES string of the molecule is Cc1cc(F)cc(-c2nnc3cc(Cl)c(-c4cc(F)cc(C(N)=O)c4)cc3c2N2CCC(NCCF)CC2)c1. The molecule has 4 aromatic rings. The Labute approximate surface area is 229 Å². The normalized spacial score (nSPS) is 14.2. The summed E-state index contributed by atoms with van der Waals surface area (Å²) < 4.78 is 41.6. The van der Waals surface area contributed by atoms with Crippen molar-refractivity contribution in [1.82, 2.24) is 15.5 Å². The lowest BCUT2D eigenvalue weighted by Crippen LogP contribution is -2.43. The van der Waals surface area contributed by atoms with Crippen LogP contribution in [0.3, 0.4) is 0 Å². The number of hydrogen-bond donors (Lipinski definition) is 2. The molecule has 0 radical (unpaired) electrons. The second-order valence-electron chi connectivity index (χ2n) is 9.76. The van der Waals surface area contributed by atoms with E-state index in [1.54, 1.807) is 19.1 Å². The van der Waals surface area contributed by atoms with Gasteiger partial charge in [0, 0.05) is 47.8 Å². The van der Waals surface area contributed by atoms with Gasteiger partial charge in [-0.05, 0) is 79.4 Å². The number of anilines is 1. The number of nitrogens with two attached hydrogens (primary N) is 1. The van der Waals surface area contributed by atoms with E-state index >= 15 is 0 Å². The number of primary amides is 1. The molecule has 1 aliphatic heterocycles. The number of nitrogens with one attached hydrogen (secondary N) is 1. The molecule has 0 spiro atoms. The molecule has 1 amide bonds. The smallest absolute Gasteiger partial charge is 0.248 e. The average Bonchev–Trinajstić information content (AvgIpc) is 2.90. The molecule has 202 valence electrons. The lowest BCUT2D eigenvalue weighted by atomic mass is 9.97. The molecule has 6 nitrogen and oxygen atoms in total. The van der Waals surface area contributed by atoms with Crippen molar-refractivity contribution in [3.05, 3.63) is 76.3 Å². The quantitative estimate of drug-likeness (QED) is 0.301. The monoisotopic (exact) mass is 553 g/mol. The van der Waals surface area contributed by atoms with Crippen molar-refractivity contribution in [1.29, 1.82) is 0 Å². The molecule has 3 N–H and O–H groups in total. The Morgan fingerprint density at radius 1 is 1.03 bits per heavy atom. The highest BCUT2D eigenvalue weighted by atomic mass is 35.5. The maximum atomic E-state index is 14.5. The maximum absolute atomic E-state index is 14.5. The summed E-state index contributed by atoms with van der Waals surface area (Å²) in [6.45, 7) is 2.98. The van der Waals surface area contributed by atoms with E-state index < -0.39 is 18.4 Å². The molecule has 10 heteroatoms. The summed E-state index contributed by atoms with van der Waals surface area (Å²) in [6, 6.07) is 12.2. The van der Waals surface area contributed by atoms with E-state index in [0.717, 1.165) is 30.2 Å². The minimum Gasteiger partial charge on any atom is -0.369 e. The van der Waals surface area contributed by atoms with E-state index in [1.807, 2.05) is 6.07 Å². The Kier molecular flexibility index (Phi) is 7.72. The molecule has 0 saturated carbocycles. The van der Waals surface area contributed by atoms with Crippen LogP contribution in [-0.4, -0.2) is 48.5 Å². The highest BCUT2D eigenvalue weighted by Crippen LogP contribution is 2.41. The number of aryl methyl sites for hydroxylation is 1. The fraction of sp³-hybridized carbons (Fsp3) is 0.276. The van der Waals surface area contributed by atoms with Gasteiger partial charge in [-0.15, -0.1) is 10.2 Å². The number of piperidine rings is 1. The van der Waals surface area contributed by atoms with E-state index in [0.29, 0.717) is 57.9 Å². The first kappa shape index (κ1) is 26.9. The van der Waals surface area contributed by atoms with Gasteiger partial charge in [-0.2, -0.15) is 0 Å². The molecule has 1 aromatic heterocycles. The maximum Gasteiger partial charge on any atom is 0.248 e. The van der Waals surface area contributed by atoms with Crippen molar-refractivity contribution < 1.29 is 18.0 Å². The second-order valence-corrected chi connectivity index (χ2v) is 10.2. The van der Waals surface area contributed by atoms with Crippen molar-refractivity contribution in [2.45, 2.75) is 25.8 Å². The number of carbonyl (C=O) groups is 1. The van der Waals surface area contributed by atoms with Crippen LogP contribution in [0.2, 0.25) is 5.02 Å². The molecule has 3 aromatic carbocycles. The largest absolute Gasteiger partial charge is 0.369 e. The number of aromatic nitrogens is 2. The Balaban J connectivity index is 1.70. The number of rotatable bonds is 7. The van der Waals surface area contributed by atoms with Crippen molar-refractivity contribution in [3.8, 4) is 22.4 Å². The molecule has 2 heterocycles. The van der Waals surface area contributed by atoms with E-state index in [-0.39, 0.29) is 17.4 Å². The zero-order valence-corrected chi connectivity index (χ0v) is 22.0. The third-order valence-corrected chi connectivity index (χ3v) is 7.28. The minimum absolute atomic E-state index is 0.0213. The number of halogens is 4. The number of carbonyl (C=O) groups excluding carboxylic acids is 1. The summed E-state index contributed by atoms with van der Waals surface area (Å²) in [5, 5.41) is 13.1. The van der Waals surface area contributed by atoms with E-state index in [9.17, 15) is 18.0 Å². The van der Waals surface area contributed by atoms with Gasteiger partial charge in [-0.3, -0.25) is 4.79 Å². The molecule has 0 bridgehead atoms. The number of hydrogen-bond acceptors (Lipinski definition) is 5. The average molecular weight is 554 g/mol. The molecule has 1 aliphatic rings. The summed E-state index contributed by atoms with van der Waals surface area (Å²) in [6.07, 6.45) is 1.55. The van der Waals surface area contributed by atoms with Crippen LogP contribution in [-0.2, 0) is 0 Å². The second kappa shape index (κ2) is 11.2. The standard InChI is InChI=1S/C29H27ClF3N5O/c1-16-8-18(12-20(32)9-16)27-28(38-6-2-22(3-7-38)35-5-4-31)24-14-23(25(30)15-26(24)36-37-27)17-10-19(29(34)39)13-21(33)11-17/h8-15,22,35H,2-7H2,1H3,(H2,34,39). The third kappa shape index (κ3) is 5.69. The van der Waals surface area contributed by atoms with Gasteiger partial charge >= 0.3 is 0 Å². The van der Waals surface area contributed by atoms with Gasteiger partial charge in [0.2, 0.25) is 5.91 Å². The summed E-state index contributed by atoms with van der Waals surface area (Å²) >= 11 is 6.62. The van der Waals surface area contributed by atoms with Crippen molar-refractivity contribution in [2.24, 2.45) is 5.73 Å². The minimum atomic E-state index is -0.757. The van der Waals surface area contributed by atoms with Crippen LogP contribution in [0.4, 0.5) is 18.9 Å². The van der Waals surface area contributed by atoms with Crippen LogP contribution in [0.1, 0.15) is 28.8 Å². The first-order valence-corrected chi connectivity index (χ1v) is 13.0. The Morgan fingerprint density at radius 3 is 2.44 bits per heavy atom. The highest BCUT2D eigenvalue weighted by molar-refractivity contribution is 6.34. The molecule has 0 aliphatic carbocycles. The van der Waals surface area contributed by atoms with Crippen LogP contribution in [0.25, 0.3) is 33.3 Å². The van der Waals surface area contributed by atoms with Gasteiger partial charge in [0.25, 0.3) is 0 Å². The zero-order chi connectivity index (χ0) is 27.7. The third-order valence-electron chi connectivity index (χ3n) is 6.97. The highest BCUT2D eigenvalue weighted by Gasteiger charge is 2.25. The summed E-state index contributed by atoms with van der Waals surface area (Å²) in [5.41, 5.74) is 9.39. The van der Waals surface area contributed by atoms with Crippen LogP contribution < -0.4 is 16.0 Å². The molecule has 39 heavy (non-hydrogen) atoms. The van der Waals surface area contributed by atoms with E-state index in [2.05, 4.69) is 20.4 Å². The fourth-order valence-electron chi connectivity index (χ4n) is 5.18. The molecular formula is C29H27ClF3N5O. The van der Waals surface area contributed by atoms with Crippen LogP contribution >= 0.6 is 11.6 Å². The van der Waals surface area contributed by atoms with Gasteiger partial charge < -0.3 is 16.0 Å². The Bertz CT molecular complexity index is 1540. The lowest BCUT2D eigenvalue weighted by molar-refractivity contribution is 0.1000. The number of alkyl halides is 1. The van der Waals surface area contributed by atoms with Crippen LogP contribution in [0.15, 0.2) is 48.5 Å². The molecule has 1 fully saturated rings. The van der Waals surface area contributed by atoms with E-state index in [4.69, 9.17) is 17.3 Å². The number of nitrogens with zero attached hydrogens (tertiary/aromatic N) is 3. The van der Waals surface area contributed by atoms with Gasteiger partial charge in [-0.1, -0.05) is 11.6 Å². The zero-order valence-electron chi connectivity index (χ0n) is 21.3. The summed E-state index contributed by atoms with van der Waals surface area (Å²) in [5.74, 6) is -1.76. The van der Waals surface area contributed by atoms with Gasteiger partial charge in [-0.25, -0.2) is 13.2 Å². The van der Waals surface area contributed by atoms with Crippen molar-refractivity contribution in [3.63, 3.8) is 0 Å². The topological polar surface area (TPSA) is 84.1 Å².